The van der Waals surface area contributed by atoms with Crippen molar-refractivity contribution >= 4 is 5.91 Å². The lowest BCUT2D eigenvalue weighted by atomic mass is 9.87. The fraction of sp³-hybridized carbons (Fsp3) is 0.688. The summed E-state index contributed by atoms with van der Waals surface area (Å²) in [5.74, 6) is 0.138. The Morgan fingerprint density at radius 3 is 2.62 bits per heavy atom. The summed E-state index contributed by atoms with van der Waals surface area (Å²) in [7, 11) is 6.14. The van der Waals surface area contributed by atoms with E-state index < -0.39 is 0 Å². The van der Waals surface area contributed by atoms with Crippen LogP contribution < -0.4 is 0 Å². The van der Waals surface area contributed by atoms with E-state index in [0.717, 1.165) is 44.7 Å². The summed E-state index contributed by atoms with van der Waals surface area (Å²) < 4.78 is 8.00. The Hall–Kier alpha value is -1.33. The smallest absolute Gasteiger partial charge is 0.270 e. The topological polar surface area (TPSA) is 37.7 Å². The highest BCUT2D eigenvalue weighted by molar-refractivity contribution is 5.92. The van der Waals surface area contributed by atoms with E-state index in [-0.39, 0.29) is 11.5 Å². The molecule has 3 heterocycles. The zero-order valence-corrected chi connectivity index (χ0v) is 13.2. The molecule has 0 aliphatic carbocycles. The average Bonchev–Trinajstić information content (AvgIpc) is 3.06. The molecule has 2 saturated heterocycles. The first-order valence-electron chi connectivity index (χ1n) is 7.72. The van der Waals surface area contributed by atoms with Gasteiger partial charge in [0.1, 0.15) is 5.69 Å². The number of carbonyl (C=O) groups excluding carboxylic acids is 1. The van der Waals surface area contributed by atoms with Crippen LogP contribution in [0, 0.1) is 0 Å². The molecule has 1 spiro atoms. The van der Waals surface area contributed by atoms with Crippen molar-refractivity contribution in [3.8, 4) is 0 Å². The first-order valence-corrected chi connectivity index (χ1v) is 7.72. The van der Waals surface area contributed by atoms with Gasteiger partial charge in [-0.05, 0) is 45.5 Å². The zero-order valence-electron chi connectivity index (χ0n) is 13.2. The highest BCUT2D eigenvalue weighted by atomic mass is 16.5. The van der Waals surface area contributed by atoms with Gasteiger partial charge in [0.05, 0.1) is 12.2 Å². The predicted octanol–water partition coefficient (Wildman–Crippen LogP) is 1.35. The van der Waals surface area contributed by atoms with Crippen LogP contribution in [-0.2, 0) is 11.8 Å². The maximum absolute atomic E-state index is 12.5. The molecule has 5 nitrogen and oxygen atoms in total. The predicted molar refractivity (Wildman–Crippen MR) is 81.3 cm³/mol. The number of ether oxygens (including phenoxy) is 1. The summed E-state index contributed by atoms with van der Waals surface area (Å²) in [6.45, 7) is 2.41. The summed E-state index contributed by atoms with van der Waals surface area (Å²) >= 11 is 0. The maximum atomic E-state index is 12.5. The Labute approximate surface area is 126 Å². The lowest BCUT2D eigenvalue weighted by Crippen LogP contribution is -2.47. The second kappa shape index (κ2) is 5.46. The van der Waals surface area contributed by atoms with Gasteiger partial charge in [0.25, 0.3) is 5.91 Å². The van der Waals surface area contributed by atoms with Crippen LogP contribution in [-0.4, -0.2) is 65.7 Å². The van der Waals surface area contributed by atoms with Crippen molar-refractivity contribution in [2.75, 3.05) is 33.8 Å². The minimum Gasteiger partial charge on any atom is -0.373 e. The molecule has 0 bridgehead atoms. The fourth-order valence-corrected chi connectivity index (χ4v) is 3.46. The van der Waals surface area contributed by atoms with Crippen LogP contribution in [0.3, 0.4) is 0 Å². The molecule has 0 aromatic carbocycles. The van der Waals surface area contributed by atoms with Crippen LogP contribution in [0.4, 0.5) is 0 Å². The van der Waals surface area contributed by atoms with Crippen molar-refractivity contribution in [2.24, 2.45) is 7.05 Å². The van der Waals surface area contributed by atoms with Gasteiger partial charge in [-0.15, -0.1) is 0 Å². The van der Waals surface area contributed by atoms with Gasteiger partial charge in [0.15, 0.2) is 0 Å². The highest BCUT2D eigenvalue weighted by Gasteiger charge is 2.44. The van der Waals surface area contributed by atoms with Crippen molar-refractivity contribution in [1.82, 2.24) is 14.4 Å². The molecular weight excluding hydrogens is 266 g/mol. The van der Waals surface area contributed by atoms with Gasteiger partial charge >= 0.3 is 0 Å². The van der Waals surface area contributed by atoms with E-state index in [4.69, 9.17) is 4.74 Å². The molecule has 116 valence electrons. The Morgan fingerprint density at radius 2 is 2.10 bits per heavy atom. The largest absolute Gasteiger partial charge is 0.373 e. The van der Waals surface area contributed by atoms with E-state index in [0.29, 0.717) is 6.04 Å². The molecule has 21 heavy (non-hydrogen) atoms. The van der Waals surface area contributed by atoms with Crippen molar-refractivity contribution in [3.63, 3.8) is 0 Å². The summed E-state index contributed by atoms with van der Waals surface area (Å²) in [6, 6.07) is 4.32. The van der Waals surface area contributed by atoms with E-state index in [9.17, 15) is 4.79 Å². The standard InChI is InChI=1S/C16H25N3O2/c1-17(2)13-11-16(21-12-13)6-9-19(10-7-16)15(20)14-5-4-8-18(14)3/h4-5,8,13H,6-7,9-12H2,1-3H3/t13-/m1/s1. The van der Waals surface area contributed by atoms with Gasteiger partial charge in [-0.25, -0.2) is 0 Å². The summed E-state index contributed by atoms with van der Waals surface area (Å²) in [5.41, 5.74) is 0.768. The van der Waals surface area contributed by atoms with Gasteiger partial charge < -0.3 is 19.1 Å². The van der Waals surface area contributed by atoms with Gasteiger partial charge in [-0.1, -0.05) is 0 Å². The molecule has 0 N–H and O–H groups in total. The van der Waals surface area contributed by atoms with Crippen LogP contribution >= 0.6 is 0 Å². The number of carbonyl (C=O) groups is 1. The number of hydrogen-bond acceptors (Lipinski definition) is 3. The number of likely N-dealkylation sites (N-methyl/N-ethyl adjacent to an activating group) is 1. The molecular formula is C16H25N3O2. The third kappa shape index (κ3) is 2.72. The van der Waals surface area contributed by atoms with Gasteiger partial charge in [0.2, 0.25) is 0 Å². The molecule has 5 heteroatoms. The number of amides is 1. The molecule has 1 aromatic heterocycles. The zero-order chi connectivity index (χ0) is 15.0. The van der Waals surface area contributed by atoms with E-state index in [1.165, 1.54) is 0 Å². The Morgan fingerprint density at radius 1 is 1.38 bits per heavy atom. The van der Waals surface area contributed by atoms with Crippen molar-refractivity contribution in [1.29, 1.82) is 0 Å². The minimum atomic E-state index is -0.0000741. The highest BCUT2D eigenvalue weighted by Crippen LogP contribution is 2.37. The van der Waals surface area contributed by atoms with Crippen LogP contribution in [0.25, 0.3) is 0 Å². The van der Waals surface area contributed by atoms with Crippen molar-refractivity contribution in [3.05, 3.63) is 24.0 Å². The van der Waals surface area contributed by atoms with E-state index in [1.807, 2.05) is 34.8 Å². The number of aryl methyl sites for hydroxylation is 1. The SMILES string of the molecule is CN(C)[C@H]1COC2(CCN(C(=O)c3cccn3C)CC2)C1. The average molecular weight is 291 g/mol. The molecule has 1 amide bonds. The van der Waals surface area contributed by atoms with E-state index in [2.05, 4.69) is 19.0 Å². The molecule has 1 atom stereocenters. The number of hydrogen-bond donors (Lipinski definition) is 0. The monoisotopic (exact) mass is 291 g/mol. The molecule has 3 rings (SSSR count). The second-order valence-corrected chi connectivity index (χ2v) is 6.61. The number of likely N-dealkylation sites (tertiary alicyclic amines) is 1. The lowest BCUT2D eigenvalue weighted by molar-refractivity contribution is -0.0393. The van der Waals surface area contributed by atoms with Gasteiger partial charge in [0, 0.05) is 32.4 Å². The number of nitrogens with zero attached hydrogens (tertiary/aromatic N) is 3. The lowest BCUT2D eigenvalue weighted by Gasteiger charge is -2.38. The second-order valence-electron chi connectivity index (χ2n) is 6.61. The molecule has 1 aromatic rings. The Kier molecular flexibility index (Phi) is 3.80. The van der Waals surface area contributed by atoms with Crippen molar-refractivity contribution < 1.29 is 9.53 Å². The third-order valence-corrected chi connectivity index (χ3v) is 5.04. The van der Waals surface area contributed by atoms with Crippen molar-refractivity contribution in [2.45, 2.75) is 30.9 Å². The van der Waals surface area contributed by atoms with Crippen LogP contribution in [0.1, 0.15) is 29.8 Å². The third-order valence-electron chi connectivity index (χ3n) is 5.04. The summed E-state index contributed by atoms with van der Waals surface area (Å²) in [6.07, 6.45) is 4.91. The number of piperidine rings is 1. The molecule has 0 unspecified atom stereocenters. The molecule has 2 aliphatic rings. The summed E-state index contributed by atoms with van der Waals surface area (Å²) in [4.78, 5) is 16.7. The maximum Gasteiger partial charge on any atom is 0.270 e. The Bertz CT molecular complexity index is 515. The van der Waals surface area contributed by atoms with E-state index >= 15 is 0 Å². The minimum absolute atomic E-state index is 0.0000741. The number of rotatable bonds is 2. The van der Waals surface area contributed by atoms with Crippen LogP contribution in [0.5, 0.6) is 0 Å². The molecule has 0 radical (unpaired) electrons. The fourth-order valence-electron chi connectivity index (χ4n) is 3.46. The van der Waals surface area contributed by atoms with Gasteiger partial charge in [-0.2, -0.15) is 0 Å². The quantitative estimate of drug-likeness (QED) is 0.825. The molecule has 0 saturated carbocycles. The molecule has 2 fully saturated rings. The van der Waals surface area contributed by atoms with Gasteiger partial charge in [-0.3, -0.25) is 4.79 Å². The first-order chi connectivity index (χ1) is 10.0. The molecule has 2 aliphatic heterocycles. The Balaban J connectivity index is 1.61. The van der Waals surface area contributed by atoms with E-state index in [1.54, 1.807) is 0 Å². The first kappa shape index (κ1) is 14.6. The number of aromatic nitrogens is 1. The van der Waals surface area contributed by atoms with Crippen LogP contribution in [0.15, 0.2) is 18.3 Å². The van der Waals surface area contributed by atoms with Crippen LogP contribution in [0.2, 0.25) is 0 Å². The normalized spacial score (nSPS) is 25.0. The summed E-state index contributed by atoms with van der Waals surface area (Å²) in [5, 5.41) is 0.